The molecule has 0 radical (unpaired) electrons. The minimum absolute atomic E-state index is 0.00693. The monoisotopic (exact) mass is 462 g/mol. The number of epoxide rings is 1. The molecule has 1 heterocycles. The largest absolute Gasteiger partial charge is 0.497 e. The first-order valence-corrected chi connectivity index (χ1v) is 10.8. The Bertz CT molecular complexity index is 1310. The van der Waals surface area contributed by atoms with Crippen molar-refractivity contribution in [3.8, 4) is 33.8 Å². The summed E-state index contributed by atoms with van der Waals surface area (Å²) in [5.41, 5.74) is 2.62. The second kappa shape index (κ2) is 9.23. The van der Waals surface area contributed by atoms with Gasteiger partial charge in [-0.15, -0.1) is 0 Å². The topological polar surface area (TPSA) is 31.0 Å². The summed E-state index contributed by atoms with van der Waals surface area (Å²) in [5.74, 6) is -1.06. The highest BCUT2D eigenvalue weighted by Crippen LogP contribution is 2.33. The lowest BCUT2D eigenvalue weighted by Crippen LogP contribution is -1.99. The lowest BCUT2D eigenvalue weighted by molar-refractivity contribution is 0.299. The van der Waals surface area contributed by atoms with Crippen LogP contribution in [0, 0.1) is 17.5 Å². The summed E-state index contributed by atoms with van der Waals surface area (Å²) in [4.78, 5) is 0. The Hall–Kier alpha value is -3.77. The maximum atomic E-state index is 14.9. The fourth-order valence-electron chi connectivity index (χ4n) is 3.78. The Balaban J connectivity index is 1.30. The van der Waals surface area contributed by atoms with Crippen molar-refractivity contribution in [1.82, 2.24) is 0 Å². The predicted octanol–water partition coefficient (Wildman–Crippen LogP) is 7.10. The number of rotatable bonds is 7. The summed E-state index contributed by atoms with van der Waals surface area (Å²) < 4.78 is 60.0. The first kappa shape index (κ1) is 22.0. The summed E-state index contributed by atoms with van der Waals surface area (Å²) >= 11 is 0. The number of benzene rings is 4. The molecule has 0 aliphatic carbocycles. The Kier molecular flexibility index (Phi) is 5.99. The molecule has 0 bridgehead atoms. The van der Waals surface area contributed by atoms with E-state index < -0.39 is 11.6 Å². The van der Waals surface area contributed by atoms with Crippen LogP contribution < -0.4 is 9.47 Å². The molecule has 1 aliphatic heterocycles. The smallest absolute Gasteiger partial charge is 0.167 e. The molecule has 1 unspecified atom stereocenters. The molecule has 0 aromatic heterocycles. The van der Waals surface area contributed by atoms with Gasteiger partial charge in [-0.25, -0.2) is 13.2 Å². The van der Waals surface area contributed by atoms with Gasteiger partial charge in [-0.05, 0) is 47.0 Å². The summed E-state index contributed by atoms with van der Waals surface area (Å²) in [5, 5.41) is 0. The highest BCUT2D eigenvalue weighted by molar-refractivity contribution is 5.72. The van der Waals surface area contributed by atoms with Crippen molar-refractivity contribution in [3.05, 3.63) is 107 Å². The van der Waals surface area contributed by atoms with Gasteiger partial charge in [0.1, 0.15) is 30.0 Å². The molecule has 34 heavy (non-hydrogen) atoms. The molecule has 4 aromatic rings. The van der Waals surface area contributed by atoms with Crippen LogP contribution in [0.15, 0.2) is 78.9 Å². The van der Waals surface area contributed by atoms with Crippen molar-refractivity contribution in [2.24, 2.45) is 0 Å². The molecule has 1 fully saturated rings. The van der Waals surface area contributed by atoms with Crippen molar-refractivity contribution < 1.29 is 27.4 Å². The molecule has 3 nitrogen and oxygen atoms in total. The standard InChI is InChI=1S/C28H21F3O3/c1-32-21-8-4-17(5-9-21)23-12-13-24(28(31)27(23)30)18-6-10-22(11-7-18)33-15-20-3-2-19(14-25(20)29)26-16-34-26/h2-14,26H,15-16H2,1H3. The van der Waals surface area contributed by atoms with Crippen LogP contribution >= 0.6 is 0 Å². The van der Waals surface area contributed by atoms with E-state index in [9.17, 15) is 13.2 Å². The molecular formula is C28H21F3O3. The number of halogens is 3. The van der Waals surface area contributed by atoms with E-state index in [-0.39, 0.29) is 29.7 Å². The summed E-state index contributed by atoms with van der Waals surface area (Å²) in [6.45, 7) is 0.673. The molecule has 0 N–H and O–H groups in total. The van der Waals surface area contributed by atoms with E-state index in [1.54, 1.807) is 73.8 Å². The minimum Gasteiger partial charge on any atom is -0.497 e. The molecule has 172 valence electrons. The van der Waals surface area contributed by atoms with Gasteiger partial charge in [0.2, 0.25) is 0 Å². The predicted molar refractivity (Wildman–Crippen MR) is 123 cm³/mol. The lowest BCUT2D eigenvalue weighted by Gasteiger charge is -2.11. The zero-order valence-electron chi connectivity index (χ0n) is 18.4. The summed E-state index contributed by atoms with van der Waals surface area (Å²) in [7, 11) is 1.54. The molecule has 1 atom stereocenters. The lowest BCUT2D eigenvalue weighted by atomic mass is 9.98. The summed E-state index contributed by atoms with van der Waals surface area (Å²) in [6, 6.07) is 21.4. The molecule has 4 aromatic carbocycles. The maximum absolute atomic E-state index is 14.9. The third-order valence-electron chi connectivity index (χ3n) is 5.83. The molecule has 6 heteroatoms. The van der Waals surface area contributed by atoms with Crippen molar-refractivity contribution >= 4 is 0 Å². The second-order valence-electron chi connectivity index (χ2n) is 8.00. The van der Waals surface area contributed by atoms with Crippen molar-refractivity contribution in [2.75, 3.05) is 13.7 Å². The Morgan fingerprint density at radius 1 is 0.765 bits per heavy atom. The van der Waals surface area contributed by atoms with Gasteiger partial charge in [0.25, 0.3) is 0 Å². The van der Waals surface area contributed by atoms with Gasteiger partial charge in [-0.2, -0.15) is 0 Å². The second-order valence-corrected chi connectivity index (χ2v) is 8.00. The van der Waals surface area contributed by atoms with E-state index in [2.05, 4.69) is 0 Å². The molecule has 0 amide bonds. The van der Waals surface area contributed by atoms with Crippen LogP contribution in [0.2, 0.25) is 0 Å². The number of hydrogen-bond donors (Lipinski definition) is 0. The van der Waals surface area contributed by atoms with Crippen LogP contribution in [0.1, 0.15) is 17.2 Å². The molecular weight excluding hydrogens is 441 g/mol. The van der Waals surface area contributed by atoms with Crippen LogP contribution in [-0.2, 0) is 11.3 Å². The quantitative estimate of drug-likeness (QED) is 0.275. The molecule has 0 saturated carbocycles. The van der Waals surface area contributed by atoms with Crippen LogP contribution in [0.4, 0.5) is 13.2 Å². The summed E-state index contributed by atoms with van der Waals surface area (Å²) in [6.07, 6.45) is -0.00693. The maximum Gasteiger partial charge on any atom is 0.167 e. The average molecular weight is 462 g/mol. The van der Waals surface area contributed by atoms with Crippen LogP contribution in [0.25, 0.3) is 22.3 Å². The highest BCUT2D eigenvalue weighted by atomic mass is 19.2. The SMILES string of the molecule is COc1ccc(-c2ccc(-c3ccc(OCc4ccc(C5CO5)cc4F)cc3)c(F)c2F)cc1. The van der Waals surface area contributed by atoms with Gasteiger partial charge in [0.15, 0.2) is 11.6 Å². The van der Waals surface area contributed by atoms with Gasteiger partial charge >= 0.3 is 0 Å². The molecule has 5 rings (SSSR count). The third-order valence-corrected chi connectivity index (χ3v) is 5.83. The molecule has 0 spiro atoms. The first-order chi connectivity index (χ1) is 16.5. The molecule has 1 saturated heterocycles. The Labute approximate surface area is 195 Å². The zero-order chi connectivity index (χ0) is 23.7. The first-order valence-electron chi connectivity index (χ1n) is 10.8. The van der Waals surface area contributed by atoms with Crippen molar-refractivity contribution in [1.29, 1.82) is 0 Å². The number of hydrogen-bond acceptors (Lipinski definition) is 3. The average Bonchev–Trinajstić information content (AvgIpc) is 3.71. The van der Waals surface area contributed by atoms with Gasteiger partial charge in [0, 0.05) is 16.7 Å². The van der Waals surface area contributed by atoms with Gasteiger partial charge in [-0.1, -0.05) is 48.5 Å². The fraction of sp³-hybridized carbons (Fsp3) is 0.143. The van der Waals surface area contributed by atoms with Crippen molar-refractivity contribution in [2.45, 2.75) is 12.7 Å². The minimum atomic E-state index is -0.927. The van der Waals surface area contributed by atoms with E-state index in [1.807, 2.05) is 6.07 Å². The van der Waals surface area contributed by atoms with E-state index >= 15 is 0 Å². The number of methoxy groups -OCH3 is 1. The van der Waals surface area contributed by atoms with Crippen molar-refractivity contribution in [3.63, 3.8) is 0 Å². The van der Waals surface area contributed by atoms with Gasteiger partial charge in [-0.3, -0.25) is 0 Å². The Morgan fingerprint density at radius 3 is 1.82 bits per heavy atom. The molecule has 1 aliphatic rings. The van der Waals surface area contributed by atoms with E-state index in [1.165, 1.54) is 6.07 Å². The van der Waals surface area contributed by atoms with Gasteiger partial charge in [0.05, 0.1) is 13.7 Å². The normalized spacial score (nSPS) is 14.6. The zero-order valence-corrected chi connectivity index (χ0v) is 18.4. The van der Waals surface area contributed by atoms with E-state index in [0.717, 1.165) is 5.56 Å². The number of ether oxygens (including phenoxy) is 3. The highest BCUT2D eigenvalue weighted by Gasteiger charge is 2.25. The van der Waals surface area contributed by atoms with E-state index in [0.29, 0.717) is 34.8 Å². The van der Waals surface area contributed by atoms with Crippen LogP contribution in [-0.4, -0.2) is 13.7 Å². The third kappa shape index (κ3) is 4.50. The van der Waals surface area contributed by atoms with Gasteiger partial charge < -0.3 is 14.2 Å². The van der Waals surface area contributed by atoms with E-state index in [4.69, 9.17) is 14.2 Å². The van der Waals surface area contributed by atoms with Crippen LogP contribution in [0.5, 0.6) is 11.5 Å². The Morgan fingerprint density at radius 2 is 1.32 bits per heavy atom. The fourth-order valence-corrected chi connectivity index (χ4v) is 3.78. The van der Waals surface area contributed by atoms with Crippen LogP contribution in [0.3, 0.4) is 0 Å².